The van der Waals surface area contributed by atoms with E-state index in [0.29, 0.717) is 12.8 Å². The van der Waals surface area contributed by atoms with Gasteiger partial charge in [-0.2, -0.15) is 0 Å². The summed E-state index contributed by atoms with van der Waals surface area (Å²) in [6.07, 6.45) is -3.52. The second kappa shape index (κ2) is 9.04. The molecule has 0 bridgehead atoms. The van der Waals surface area contributed by atoms with Gasteiger partial charge in [0.1, 0.15) is 18.3 Å². The van der Waals surface area contributed by atoms with Crippen molar-refractivity contribution >= 4 is 11.8 Å². The van der Waals surface area contributed by atoms with Crippen LogP contribution in [0.3, 0.4) is 0 Å². The first-order valence-electron chi connectivity index (χ1n) is 12.4. The van der Waals surface area contributed by atoms with Crippen molar-refractivity contribution in [2.75, 3.05) is 6.61 Å². The Morgan fingerprint density at radius 2 is 1.83 bits per heavy atom. The molecule has 2 fully saturated rings. The van der Waals surface area contributed by atoms with E-state index in [1.165, 1.54) is 0 Å². The van der Waals surface area contributed by atoms with Gasteiger partial charge >= 0.3 is 5.97 Å². The molecule has 1 saturated carbocycles. The molecule has 196 valence electrons. The lowest BCUT2D eigenvalue weighted by Gasteiger charge is -2.59. The van der Waals surface area contributed by atoms with Crippen LogP contribution in [0.2, 0.25) is 0 Å². The lowest BCUT2D eigenvalue weighted by molar-refractivity contribution is -0.305. The molecule has 3 aliphatic carbocycles. The van der Waals surface area contributed by atoms with Crippen molar-refractivity contribution in [3.05, 3.63) is 23.8 Å². The van der Waals surface area contributed by atoms with E-state index in [4.69, 9.17) is 9.47 Å². The van der Waals surface area contributed by atoms with E-state index in [1.807, 2.05) is 13.0 Å². The monoisotopic (exact) mass is 494 g/mol. The smallest absolute Gasteiger partial charge is 0.335 e. The number of aliphatic hydroxyl groups is 4. The first kappa shape index (κ1) is 26.4. The normalized spacial score (nSPS) is 48.2. The van der Waals surface area contributed by atoms with Crippen LogP contribution in [0, 0.1) is 22.2 Å². The van der Waals surface area contributed by atoms with Gasteiger partial charge in [-0.15, -0.1) is 6.58 Å². The van der Waals surface area contributed by atoms with Crippen LogP contribution in [0.15, 0.2) is 23.8 Å². The van der Waals surface area contributed by atoms with Crippen molar-refractivity contribution in [1.82, 2.24) is 0 Å². The number of allylic oxidation sites excluding steroid dienone is 3. The van der Waals surface area contributed by atoms with Gasteiger partial charge in [0.15, 0.2) is 18.2 Å². The number of carboxylic acids is 1. The molecule has 35 heavy (non-hydrogen) atoms. The Morgan fingerprint density at radius 3 is 2.46 bits per heavy atom. The summed E-state index contributed by atoms with van der Waals surface area (Å²) in [5.41, 5.74) is 0.746. The maximum atomic E-state index is 13.4. The second-order valence-corrected chi connectivity index (χ2v) is 11.7. The molecule has 5 N–H and O–H groups in total. The number of carboxylic acid groups (broad SMARTS) is 1. The number of fused-ring (bicyclic) bond motifs is 2. The summed E-state index contributed by atoms with van der Waals surface area (Å²) in [5, 5.41) is 50.8. The van der Waals surface area contributed by atoms with Crippen molar-refractivity contribution in [2.24, 2.45) is 22.2 Å². The van der Waals surface area contributed by atoms with Gasteiger partial charge in [-0.25, -0.2) is 4.79 Å². The molecule has 1 heterocycles. The third-order valence-electron chi connectivity index (χ3n) is 9.43. The summed E-state index contributed by atoms with van der Waals surface area (Å²) in [4.78, 5) is 24.8. The number of rotatable bonds is 5. The largest absolute Gasteiger partial charge is 0.479 e. The van der Waals surface area contributed by atoms with E-state index in [-0.39, 0.29) is 35.6 Å². The zero-order valence-corrected chi connectivity index (χ0v) is 20.6. The molecule has 4 aliphatic rings. The number of aliphatic carboxylic acids is 1. The van der Waals surface area contributed by atoms with Crippen molar-refractivity contribution in [3.8, 4) is 0 Å². The van der Waals surface area contributed by atoms with Crippen LogP contribution in [0.4, 0.5) is 0 Å². The summed E-state index contributed by atoms with van der Waals surface area (Å²) >= 11 is 0. The Balaban J connectivity index is 1.60. The third kappa shape index (κ3) is 4.20. The van der Waals surface area contributed by atoms with E-state index >= 15 is 0 Å². The molecule has 0 radical (unpaired) electrons. The molecule has 4 rings (SSSR count). The van der Waals surface area contributed by atoms with Crippen LogP contribution in [-0.4, -0.2) is 80.7 Å². The average molecular weight is 495 g/mol. The fraction of sp³-hybridized carbons (Fsp3) is 0.769. The van der Waals surface area contributed by atoms with Gasteiger partial charge in [-0.05, 0) is 54.4 Å². The fourth-order valence-corrected chi connectivity index (χ4v) is 6.91. The Bertz CT molecular complexity index is 930. The van der Waals surface area contributed by atoms with Gasteiger partial charge in [-0.1, -0.05) is 32.4 Å². The average Bonchev–Trinajstić information content (AvgIpc) is 2.81. The first-order chi connectivity index (χ1) is 16.3. The minimum Gasteiger partial charge on any atom is -0.479 e. The molecule has 9 heteroatoms. The van der Waals surface area contributed by atoms with Crippen molar-refractivity contribution < 1.29 is 44.6 Å². The summed E-state index contributed by atoms with van der Waals surface area (Å²) in [6.45, 7) is 9.98. The number of hydrogen-bond acceptors (Lipinski definition) is 8. The summed E-state index contributed by atoms with van der Waals surface area (Å²) in [5.74, 6) is -1.65. The Hall–Kier alpha value is -1.62. The molecule has 0 aromatic carbocycles. The molecule has 0 spiro atoms. The minimum atomic E-state index is -1.81. The molecule has 0 aromatic heterocycles. The van der Waals surface area contributed by atoms with Crippen LogP contribution >= 0.6 is 0 Å². The van der Waals surface area contributed by atoms with E-state index in [1.54, 1.807) is 0 Å². The predicted octanol–water partition coefficient (Wildman–Crippen LogP) is 1.32. The number of Topliss-reactive ketones (excluding diaryl/α,β-unsaturated/α-hetero) is 1. The predicted molar refractivity (Wildman–Crippen MR) is 124 cm³/mol. The molecule has 0 aromatic rings. The quantitative estimate of drug-likeness (QED) is 0.356. The molecule has 1 saturated heterocycles. The van der Waals surface area contributed by atoms with Crippen LogP contribution in [0.5, 0.6) is 0 Å². The molecule has 10 atom stereocenters. The van der Waals surface area contributed by atoms with E-state index in [0.717, 1.165) is 30.4 Å². The second-order valence-electron chi connectivity index (χ2n) is 11.7. The van der Waals surface area contributed by atoms with Gasteiger partial charge in [0, 0.05) is 11.8 Å². The van der Waals surface area contributed by atoms with Crippen LogP contribution in [0.25, 0.3) is 0 Å². The van der Waals surface area contributed by atoms with Crippen LogP contribution < -0.4 is 0 Å². The van der Waals surface area contributed by atoms with Gasteiger partial charge in [-0.3, -0.25) is 4.79 Å². The van der Waals surface area contributed by atoms with Crippen molar-refractivity contribution in [3.63, 3.8) is 0 Å². The SMILES string of the molecule is C=CC1(C)CCC2=C(C1)C(=O)CC1C2(C)CCC(O)C1(C)COC1OC(C(=O)O)C(O)C(O)C1O. The van der Waals surface area contributed by atoms with Gasteiger partial charge in [0.25, 0.3) is 0 Å². The Kier molecular flexibility index (Phi) is 6.83. The Morgan fingerprint density at radius 1 is 1.14 bits per heavy atom. The Labute approximate surface area is 205 Å². The number of hydrogen-bond donors (Lipinski definition) is 5. The molecular formula is C26H38O9. The first-order valence-corrected chi connectivity index (χ1v) is 12.4. The maximum Gasteiger partial charge on any atom is 0.335 e. The number of aliphatic hydroxyl groups excluding tert-OH is 4. The molecule has 10 unspecified atom stereocenters. The molecule has 9 nitrogen and oxygen atoms in total. The number of ether oxygens (including phenoxy) is 2. The van der Waals surface area contributed by atoms with E-state index < -0.39 is 48.2 Å². The van der Waals surface area contributed by atoms with Crippen LogP contribution in [0.1, 0.15) is 59.3 Å². The molecule has 0 amide bonds. The maximum absolute atomic E-state index is 13.4. The van der Waals surface area contributed by atoms with E-state index in [2.05, 4.69) is 20.4 Å². The van der Waals surface area contributed by atoms with Crippen molar-refractivity contribution in [2.45, 2.75) is 96.1 Å². The zero-order chi connectivity index (χ0) is 25.9. The van der Waals surface area contributed by atoms with E-state index in [9.17, 15) is 35.1 Å². The van der Waals surface area contributed by atoms with Gasteiger partial charge in [0.05, 0.1) is 12.7 Å². The minimum absolute atomic E-state index is 0.0778. The fourth-order valence-electron chi connectivity index (χ4n) is 6.91. The number of ketones is 1. The molecule has 1 aliphatic heterocycles. The van der Waals surface area contributed by atoms with Crippen LogP contribution in [-0.2, 0) is 19.1 Å². The lowest BCUT2D eigenvalue weighted by atomic mass is 9.46. The summed E-state index contributed by atoms with van der Waals surface area (Å²) in [7, 11) is 0. The number of carbonyl (C=O) groups is 2. The highest BCUT2D eigenvalue weighted by molar-refractivity contribution is 5.98. The highest BCUT2D eigenvalue weighted by Crippen LogP contribution is 2.62. The number of carbonyl (C=O) groups excluding carboxylic acids is 1. The van der Waals surface area contributed by atoms with Gasteiger partial charge in [0.2, 0.25) is 0 Å². The molecular weight excluding hydrogens is 456 g/mol. The zero-order valence-electron chi connectivity index (χ0n) is 20.6. The standard InChI is InChI=1S/C26H38O9/c1-5-24(2)8-6-14-13(11-24)15(27)10-16-25(14,3)9-7-17(28)26(16,4)12-34-23-20(31)18(29)19(30)21(35-23)22(32)33/h5,16-21,23,28-31H,1,6-12H2,2-4H3,(H,32,33). The highest BCUT2D eigenvalue weighted by atomic mass is 16.7. The van der Waals surface area contributed by atoms with Crippen molar-refractivity contribution in [1.29, 1.82) is 0 Å². The third-order valence-corrected chi connectivity index (χ3v) is 9.43. The summed E-state index contributed by atoms with van der Waals surface area (Å²) < 4.78 is 11.1. The van der Waals surface area contributed by atoms with Gasteiger partial charge < -0.3 is 35.0 Å². The lowest BCUT2D eigenvalue weighted by Crippen LogP contribution is -2.62. The topological polar surface area (TPSA) is 154 Å². The summed E-state index contributed by atoms with van der Waals surface area (Å²) in [6, 6.07) is 0. The highest BCUT2D eigenvalue weighted by Gasteiger charge is 2.59.